The van der Waals surface area contributed by atoms with Crippen molar-refractivity contribution in [2.75, 3.05) is 19.8 Å². The molecule has 1 heterocycles. The van der Waals surface area contributed by atoms with Gasteiger partial charge in [0, 0.05) is 26.2 Å². The maximum absolute atomic E-state index is 11.9. The number of amides is 1. The molecule has 4 heteroatoms. The van der Waals surface area contributed by atoms with Crippen molar-refractivity contribution < 1.29 is 14.6 Å². The third-order valence-electron chi connectivity index (χ3n) is 4.77. The summed E-state index contributed by atoms with van der Waals surface area (Å²) in [5.74, 6) is 1.10. The van der Waals surface area contributed by atoms with Crippen molar-refractivity contribution in [1.29, 1.82) is 0 Å². The Morgan fingerprint density at radius 1 is 1.15 bits per heavy atom. The number of carbonyl (C=O) groups excluding carboxylic acids is 1. The van der Waals surface area contributed by atoms with Crippen molar-refractivity contribution in [2.24, 2.45) is 11.8 Å². The molecule has 2 N–H and O–H groups in total. The summed E-state index contributed by atoms with van der Waals surface area (Å²) in [7, 11) is 0. The van der Waals surface area contributed by atoms with Gasteiger partial charge in [0.1, 0.15) is 0 Å². The predicted octanol–water partition coefficient (Wildman–Crippen LogP) is 2.25. The van der Waals surface area contributed by atoms with E-state index in [1.165, 1.54) is 32.1 Å². The van der Waals surface area contributed by atoms with E-state index in [1.807, 2.05) is 0 Å². The van der Waals surface area contributed by atoms with Crippen LogP contribution in [0.25, 0.3) is 0 Å². The van der Waals surface area contributed by atoms with Crippen LogP contribution in [0.2, 0.25) is 0 Å². The second-order valence-electron chi connectivity index (χ2n) is 6.36. The van der Waals surface area contributed by atoms with E-state index in [4.69, 9.17) is 4.74 Å². The summed E-state index contributed by atoms with van der Waals surface area (Å²) in [6.07, 6.45) is 9.23. The molecular formula is C16H29NO3. The highest BCUT2D eigenvalue weighted by Crippen LogP contribution is 2.26. The number of hydrogen-bond acceptors (Lipinski definition) is 3. The van der Waals surface area contributed by atoms with Crippen LogP contribution in [0, 0.1) is 11.8 Å². The van der Waals surface area contributed by atoms with Crippen LogP contribution in [-0.4, -0.2) is 36.9 Å². The SMILES string of the molecule is O=C(CC1CCCCC1)NCCC(O)C1CCOCC1. The van der Waals surface area contributed by atoms with Crippen LogP contribution >= 0.6 is 0 Å². The van der Waals surface area contributed by atoms with Gasteiger partial charge in [-0.15, -0.1) is 0 Å². The molecule has 0 aromatic carbocycles. The molecule has 0 bridgehead atoms. The van der Waals surface area contributed by atoms with Gasteiger partial charge < -0.3 is 15.2 Å². The van der Waals surface area contributed by atoms with E-state index in [0.717, 1.165) is 26.1 Å². The standard InChI is InChI=1S/C16H29NO3/c18-15(14-7-10-20-11-8-14)6-9-17-16(19)12-13-4-2-1-3-5-13/h13-15,18H,1-12H2,(H,17,19). The molecule has 116 valence electrons. The molecule has 2 aliphatic rings. The van der Waals surface area contributed by atoms with Crippen LogP contribution in [0.1, 0.15) is 57.8 Å². The van der Waals surface area contributed by atoms with Crippen LogP contribution in [-0.2, 0) is 9.53 Å². The Morgan fingerprint density at radius 2 is 1.85 bits per heavy atom. The largest absolute Gasteiger partial charge is 0.393 e. The van der Waals surface area contributed by atoms with Crippen LogP contribution < -0.4 is 5.32 Å². The van der Waals surface area contributed by atoms with Crippen molar-refractivity contribution in [3.8, 4) is 0 Å². The molecule has 1 saturated carbocycles. The molecular weight excluding hydrogens is 254 g/mol. The van der Waals surface area contributed by atoms with Gasteiger partial charge >= 0.3 is 0 Å². The summed E-state index contributed by atoms with van der Waals surface area (Å²) in [5.41, 5.74) is 0. The third-order valence-corrected chi connectivity index (χ3v) is 4.77. The second-order valence-corrected chi connectivity index (χ2v) is 6.36. The summed E-state index contributed by atoms with van der Waals surface area (Å²) in [6.45, 7) is 2.12. The number of ether oxygens (including phenoxy) is 1. The fourth-order valence-electron chi connectivity index (χ4n) is 3.42. The predicted molar refractivity (Wildman–Crippen MR) is 78.4 cm³/mol. The quantitative estimate of drug-likeness (QED) is 0.786. The Bertz CT molecular complexity index is 283. The molecule has 4 nitrogen and oxygen atoms in total. The summed E-state index contributed by atoms with van der Waals surface area (Å²) < 4.78 is 5.30. The first-order chi connectivity index (χ1) is 9.75. The highest BCUT2D eigenvalue weighted by molar-refractivity contribution is 5.76. The molecule has 2 fully saturated rings. The Balaban J connectivity index is 1.56. The van der Waals surface area contributed by atoms with E-state index >= 15 is 0 Å². The van der Waals surface area contributed by atoms with Crippen molar-refractivity contribution in [1.82, 2.24) is 5.32 Å². The first-order valence-corrected chi connectivity index (χ1v) is 8.28. The highest BCUT2D eigenvalue weighted by Gasteiger charge is 2.22. The molecule has 1 aliphatic carbocycles. The van der Waals surface area contributed by atoms with Crippen molar-refractivity contribution >= 4 is 5.91 Å². The van der Waals surface area contributed by atoms with Gasteiger partial charge in [0.2, 0.25) is 5.91 Å². The molecule has 1 saturated heterocycles. The Morgan fingerprint density at radius 3 is 2.55 bits per heavy atom. The summed E-state index contributed by atoms with van der Waals surface area (Å²) in [5, 5.41) is 13.1. The molecule has 1 atom stereocenters. The van der Waals surface area contributed by atoms with Gasteiger partial charge in [0.25, 0.3) is 0 Å². The zero-order chi connectivity index (χ0) is 14.2. The first kappa shape index (κ1) is 15.8. The minimum Gasteiger partial charge on any atom is -0.393 e. The number of carbonyl (C=O) groups is 1. The van der Waals surface area contributed by atoms with Crippen LogP contribution in [0.15, 0.2) is 0 Å². The molecule has 0 aromatic rings. The Labute approximate surface area is 122 Å². The van der Waals surface area contributed by atoms with Crippen molar-refractivity contribution in [3.63, 3.8) is 0 Å². The van der Waals surface area contributed by atoms with Gasteiger partial charge in [-0.3, -0.25) is 4.79 Å². The summed E-state index contributed by atoms with van der Waals surface area (Å²) in [4.78, 5) is 11.9. The van der Waals surface area contributed by atoms with E-state index in [9.17, 15) is 9.90 Å². The van der Waals surface area contributed by atoms with Gasteiger partial charge in [-0.05, 0) is 43.9 Å². The maximum atomic E-state index is 11.9. The first-order valence-electron chi connectivity index (χ1n) is 8.28. The van der Waals surface area contributed by atoms with Crippen molar-refractivity contribution in [3.05, 3.63) is 0 Å². The normalized spacial score (nSPS) is 23.4. The number of aliphatic hydroxyl groups is 1. The van der Waals surface area contributed by atoms with Crippen molar-refractivity contribution in [2.45, 2.75) is 63.9 Å². The van der Waals surface area contributed by atoms with E-state index in [2.05, 4.69) is 5.32 Å². The van der Waals surface area contributed by atoms with Crippen LogP contribution in [0.3, 0.4) is 0 Å². The average molecular weight is 283 g/mol. The van der Waals surface area contributed by atoms with Gasteiger partial charge in [-0.25, -0.2) is 0 Å². The lowest BCUT2D eigenvalue weighted by Crippen LogP contribution is -2.33. The monoisotopic (exact) mass is 283 g/mol. The summed E-state index contributed by atoms with van der Waals surface area (Å²) in [6, 6.07) is 0. The number of nitrogens with one attached hydrogen (secondary N) is 1. The molecule has 1 unspecified atom stereocenters. The van der Waals surface area contributed by atoms with Gasteiger partial charge in [-0.1, -0.05) is 19.3 Å². The van der Waals surface area contributed by atoms with E-state index in [1.54, 1.807) is 0 Å². The highest BCUT2D eigenvalue weighted by atomic mass is 16.5. The third kappa shape index (κ3) is 5.41. The fourth-order valence-corrected chi connectivity index (χ4v) is 3.42. The van der Waals surface area contributed by atoms with Crippen LogP contribution in [0.4, 0.5) is 0 Å². The molecule has 0 radical (unpaired) electrons. The number of hydrogen-bond donors (Lipinski definition) is 2. The smallest absolute Gasteiger partial charge is 0.220 e. The number of rotatable bonds is 6. The maximum Gasteiger partial charge on any atom is 0.220 e. The topological polar surface area (TPSA) is 58.6 Å². The zero-order valence-corrected chi connectivity index (χ0v) is 12.5. The van der Waals surface area contributed by atoms with Gasteiger partial charge in [0.05, 0.1) is 6.10 Å². The average Bonchev–Trinajstić information content (AvgIpc) is 2.49. The molecule has 1 amide bonds. The molecule has 0 aromatic heterocycles. The number of aliphatic hydroxyl groups excluding tert-OH is 1. The molecule has 0 spiro atoms. The van der Waals surface area contributed by atoms with E-state index in [-0.39, 0.29) is 12.0 Å². The minimum atomic E-state index is -0.297. The lowest BCUT2D eigenvalue weighted by molar-refractivity contribution is -0.122. The second kappa shape index (κ2) is 8.63. The van der Waals surface area contributed by atoms with Crippen LogP contribution in [0.5, 0.6) is 0 Å². The Kier molecular flexibility index (Phi) is 6.80. The van der Waals surface area contributed by atoms with Gasteiger partial charge in [-0.2, -0.15) is 0 Å². The van der Waals surface area contributed by atoms with Gasteiger partial charge in [0.15, 0.2) is 0 Å². The lowest BCUT2D eigenvalue weighted by atomic mass is 9.87. The fraction of sp³-hybridized carbons (Fsp3) is 0.938. The lowest BCUT2D eigenvalue weighted by Gasteiger charge is -2.27. The molecule has 1 aliphatic heterocycles. The minimum absolute atomic E-state index is 0.163. The Hall–Kier alpha value is -0.610. The molecule has 20 heavy (non-hydrogen) atoms. The summed E-state index contributed by atoms with van der Waals surface area (Å²) >= 11 is 0. The van der Waals surface area contributed by atoms with E-state index in [0.29, 0.717) is 31.2 Å². The zero-order valence-electron chi connectivity index (χ0n) is 12.5. The molecule has 2 rings (SSSR count). The van der Waals surface area contributed by atoms with E-state index < -0.39 is 0 Å².